The van der Waals surface area contributed by atoms with Gasteiger partial charge in [0.05, 0.1) is 5.69 Å². The normalized spacial score (nSPS) is 10.4. The third kappa shape index (κ3) is 1.59. The molecule has 0 saturated carbocycles. The highest BCUT2D eigenvalue weighted by atomic mass is 35.5. The van der Waals surface area contributed by atoms with Gasteiger partial charge in [0.2, 0.25) is 0 Å². The van der Waals surface area contributed by atoms with E-state index in [9.17, 15) is 0 Å². The molecule has 1 aromatic heterocycles. The van der Waals surface area contributed by atoms with E-state index in [1.54, 1.807) is 10.7 Å². The zero-order chi connectivity index (χ0) is 9.97. The second-order valence-corrected chi connectivity index (χ2v) is 3.14. The summed E-state index contributed by atoms with van der Waals surface area (Å²) < 4.78 is 1.55. The maximum atomic E-state index is 5.92. The number of hydrogen-bond donors (Lipinski definition) is 1. The largest absolute Gasteiger partial charge is 0.326 e. The minimum atomic E-state index is 0.398. The molecule has 2 aromatic rings. The quantitative estimate of drug-likeness (QED) is 0.794. The Balaban J connectivity index is 2.46. The van der Waals surface area contributed by atoms with Gasteiger partial charge >= 0.3 is 0 Å². The molecule has 0 spiro atoms. The summed E-state index contributed by atoms with van der Waals surface area (Å²) in [6, 6.07) is 5.47. The molecular weight excluding hydrogens is 202 g/mol. The number of hydrogen-bond acceptors (Lipinski definition) is 4. The summed E-state index contributed by atoms with van der Waals surface area (Å²) in [5, 5.41) is 11.5. The van der Waals surface area contributed by atoms with Gasteiger partial charge in [-0.3, -0.25) is 0 Å². The van der Waals surface area contributed by atoms with Crippen molar-refractivity contribution in [3.05, 3.63) is 35.1 Å². The van der Waals surface area contributed by atoms with Gasteiger partial charge in [-0.15, -0.1) is 5.10 Å². The number of rotatable bonds is 2. The lowest BCUT2D eigenvalue weighted by Crippen LogP contribution is -2.01. The molecule has 0 bridgehead atoms. The fraction of sp³-hybridized carbons (Fsp3) is 0.125. The van der Waals surface area contributed by atoms with E-state index in [1.807, 2.05) is 12.1 Å². The van der Waals surface area contributed by atoms with Gasteiger partial charge in [0.15, 0.2) is 0 Å². The second-order valence-electron chi connectivity index (χ2n) is 2.73. The van der Waals surface area contributed by atoms with Crippen LogP contribution in [0.4, 0.5) is 0 Å². The van der Waals surface area contributed by atoms with Crippen molar-refractivity contribution in [2.24, 2.45) is 5.73 Å². The number of tetrazole rings is 1. The van der Waals surface area contributed by atoms with Crippen LogP contribution >= 0.6 is 11.6 Å². The third-order valence-corrected chi connectivity index (χ3v) is 2.23. The summed E-state index contributed by atoms with van der Waals surface area (Å²) in [4.78, 5) is 0. The number of nitrogens with two attached hydrogens (primary N) is 1. The zero-order valence-corrected chi connectivity index (χ0v) is 8.02. The Morgan fingerprint density at radius 3 is 2.93 bits per heavy atom. The molecule has 5 nitrogen and oxygen atoms in total. The maximum Gasteiger partial charge on any atom is 0.143 e. The van der Waals surface area contributed by atoms with Gasteiger partial charge in [-0.05, 0) is 34.2 Å². The lowest BCUT2D eigenvalue weighted by atomic mass is 10.2. The average Bonchev–Trinajstić information content (AvgIpc) is 2.71. The second kappa shape index (κ2) is 3.73. The highest BCUT2D eigenvalue weighted by Gasteiger charge is 2.02. The fourth-order valence-corrected chi connectivity index (χ4v) is 1.33. The van der Waals surface area contributed by atoms with Crippen LogP contribution in [0.15, 0.2) is 24.5 Å². The first kappa shape index (κ1) is 9.11. The van der Waals surface area contributed by atoms with Gasteiger partial charge in [0.25, 0.3) is 0 Å². The number of aromatic nitrogens is 4. The van der Waals surface area contributed by atoms with Crippen molar-refractivity contribution >= 4 is 11.6 Å². The molecule has 14 heavy (non-hydrogen) atoms. The van der Waals surface area contributed by atoms with E-state index in [-0.39, 0.29) is 0 Å². The molecule has 0 atom stereocenters. The average molecular weight is 210 g/mol. The van der Waals surface area contributed by atoms with Crippen LogP contribution in [0.3, 0.4) is 0 Å². The molecule has 0 aliphatic rings. The Hall–Kier alpha value is -1.46. The number of halogens is 1. The molecule has 0 fully saturated rings. The van der Waals surface area contributed by atoms with Gasteiger partial charge < -0.3 is 5.73 Å². The Kier molecular flexibility index (Phi) is 2.43. The number of benzene rings is 1. The van der Waals surface area contributed by atoms with Gasteiger partial charge in [-0.2, -0.15) is 0 Å². The van der Waals surface area contributed by atoms with Gasteiger partial charge in [-0.25, -0.2) is 4.68 Å². The molecule has 1 heterocycles. The van der Waals surface area contributed by atoms with Crippen LogP contribution in [0.1, 0.15) is 5.56 Å². The molecule has 6 heteroatoms. The van der Waals surface area contributed by atoms with E-state index in [0.29, 0.717) is 11.6 Å². The highest BCUT2D eigenvalue weighted by molar-refractivity contribution is 6.31. The van der Waals surface area contributed by atoms with Crippen molar-refractivity contribution in [3.63, 3.8) is 0 Å². The molecule has 72 valence electrons. The van der Waals surface area contributed by atoms with Crippen molar-refractivity contribution in [3.8, 4) is 5.69 Å². The minimum Gasteiger partial charge on any atom is -0.326 e. The summed E-state index contributed by atoms with van der Waals surface area (Å²) in [6.45, 7) is 0.398. The SMILES string of the molecule is NCc1cc(-n2cnnn2)ccc1Cl. The summed E-state index contributed by atoms with van der Waals surface area (Å²) in [6.07, 6.45) is 1.52. The number of nitrogens with zero attached hydrogens (tertiary/aromatic N) is 4. The van der Waals surface area contributed by atoms with E-state index < -0.39 is 0 Å². The Labute approximate surface area is 85.5 Å². The molecular formula is C8H8ClN5. The summed E-state index contributed by atoms with van der Waals surface area (Å²) >= 11 is 5.92. The molecule has 0 aliphatic heterocycles. The lowest BCUT2D eigenvalue weighted by Gasteiger charge is -2.04. The van der Waals surface area contributed by atoms with E-state index in [1.165, 1.54) is 6.33 Å². The molecule has 0 aliphatic carbocycles. The third-order valence-electron chi connectivity index (χ3n) is 1.86. The summed E-state index contributed by atoms with van der Waals surface area (Å²) in [7, 11) is 0. The smallest absolute Gasteiger partial charge is 0.143 e. The van der Waals surface area contributed by atoms with E-state index in [2.05, 4.69) is 15.5 Å². The van der Waals surface area contributed by atoms with Crippen LogP contribution in [-0.2, 0) is 6.54 Å². The van der Waals surface area contributed by atoms with Crippen LogP contribution in [0.5, 0.6) is 0 Å². The fourth-order valence-electron chi connectivity index (χ4n) is 1.14. The summed E-state index contributed by atoms with van der Waals surface area (Å²) in [5.41, 5.74) is 7.25. The van der Waals surface area contributed by atoms with Crippen molar-refractivity contribution in [2.45, 2.75) is 6.54 Å². The highest BCUT2D eigenvalue weighted by Crippen LogP contribution is 2.18. The topological polar surface area (TPSA) is 69.6 Å². The van der Waals surface area contributed by atoms with Crippen LogP contribution in [0, 0.1) is 0 Å². The van der Waals surface area contributed by atoms with Crippen LogP contribution in [0.25, 0.3) is 5.69 Å². The summed E-state index contributed by atoms with van der Waals surface area (Å²) in [5.74, 6) is 0. The molecule has 2 rings (SSSR count). The van der Waals surface area contributed by atoms with E-state index >= 15 is 0 Å². The predicted molar refractivity (Wildman–Crippen MR) is 52.1 cm³/mol. The van der Waals surface area contributed by atoms with Crippen LogP contribution in [0.2, 0.25) is 5.02 Å². The predicted octanol–water partition coefficient (Wildman–Crippen LogP) is 0.774. The first-order chi connectivity index (χ1) is 6.81. The van der Waals surface area contributed by atoms with Crippen molar-refractivity contribution in [1.29, 1.82) is 0 Å². The molecule has 2 N–H and O–H groups in total. The minimum absolute atomic E-state index is 0.398. The Morgan fingerprint density at radius 2 is 2.29 bits per heavy atom. The zero-order valence-electron chi connectivity index (χ0n) is 7.26. The van der Waals surface area contributed by atoms with Crippen molar-refractivity contribution in [2.75, 3.05) is 0 Å². The Morgan fingerprint density at radius 1 is 1.43 bits per heavy atom. The van der Waals surface area contributed by atoms with E-state index in [0.717, 1.165) is 11.3 Å². The van der Waals surface area contributed by atoms with Gasteiger partial charge in [0.1, 0.15) is 6.33 Å². The van der Waals surface area contributed by atoms with Gasteiger partial charge in [0, 0.05) is 11.6 Å². The lowest BCUT2D eigenvalue weighted by molar-refractivity contribution is 0.787. The van der Waals surface area contributed by atoms with Crippen molar-refractivity contribution < 1.29 is 0 Å². The standard InChI is InChI=1S/C8H8ClN5/c9-8-2-1-7(3-6(8)4-10)14-5-11-12-13-14/h1-3,5H,4,10H2. The molecule has 0 saturated heterocycles. The van der Waals surface area contributed by atoms with Crippen LogP contribution < -0.4 is 5.73 Å². The first-order valence-corrected chi connectivity index (χ1v) is 4.41. The molecule has 1 aromatic carbocycles. The first-order valence-electron chi connectivity index (χ1n) is 4.03. The Bertz CT molecular complexity index is 425. The van der Waals surface area contributed by atoms with Crippen molar-refractivity contribution in [1.82, 2.24) is 20.2 Å². The van der Waals surface area contributed by atoms with E-state index in [4.69, 9.17) is 17.3 Å². The maximum absolute atomic E-state index is 5.92. The van der Waals surface area contributed by atoms with Crippen LogP contribution in [-0.4, -0.2) is 20.2 Å². The molecule has 0 radical (unpaired) electrons. The molecule has 0 amide bonds. The monoisotopic (exact) mass is 209 g/mol. The molecule has 0 unspecified atom stereocenters. The van der Waals surface area contributed by atoms with Gasteiger partial charge in [-0.1, -0.05) is 11.6 Å².